The molecule has 0 saturated carbocycles. The maximum atomic E-state index is 4.23. The van der Waals surface area contributed by atoms with Crippen LogP contribution in [0.5, 0.6) is 0 Å². The Hall–Kier alpha value is -2.86. The normalized spacial score (nSPS) is 19.0. The first-order valence-corrected chi connectivity index (χ1v) is 7.92. The average molecular weight is 294 g/mol. The molecule has 0 bridgehead atoms. The zero-order chi connectivity index (χ0) is 15.7. The molecule has 1 aliphatic carbocycles. The lowest BCUT2D eigenvalue weighted by molar-refractivity contribution is 0.856. The lowest BCUT2D eigenvalue weighted by Gasteiger charge is -2.32. The Morgan fingerprint density at radius 3 is 2.00 bits per heavy atom. The van der Waals surface area contributed by atoms with Crippen molar-refractivity contribution in [3.8, 4) is 0 Å². The molecule has 0 amide bonds. The molecular weight excluding hydrogens is 276 g/mol. The summed E-state index contributed by atoms with van der Waals surface area (Å²) in [6.07, 6.45) is 4.40. The van der Waals surface area contributed by atoms with Gasteiger partial charge in [-0.3, -0.25) is 0 Å². The van der Waals surface area contributed by atoms with Gasteiger partial charge in [-0.15, -0.1) is 6.58 Å². The monoisotopic (exact) mass is 294 g/mol. The lowest BCUT2D eigenvalue weighted by Crippen LogP contribution is -2.24. The summed E-state index contributed by atoms with van der Waals surface area (Å²) in [7, 11) is 0. The van der Waals surface area contributed by atoms with E-state index in [4.69, 9.17) is 0 Å². The third-order valence-corrected chi connectivity index (χ3v) is 4.73. The quantitative estimate of drug-likeness (QED) is 0.542. The summed E-state index contributed by atoms with van der Waals surface area (Å²) < 4.78 is 0. The van der Waals surface area contributed by atoms with Gasteiger partial charge in [0, 0.05) is 0 Å². The second-order valence-corrected chi connectivity index (χ2v) is 5.89. The van der Waals surface area contributed by atoms with Crippen molar-refractivity contribution in [2.75, 3.05) is 0 Å². The zero-order valence-corrected chi connectivity index (χ0v) is 12.9. The Morgan fingerprint density at radius 1 is 0.696 bits per heavy atom. The van der Waals surface area contributed by atoms with Crippen LogP contribution in [-0.2, 0) is 5.41 Å². The van der Waals surface area contributed by atoms with Gasteiger partial charge < -0.3 is 0 Å². The first kappa shape index (κ1) is 13.8. The van der Waals surface area contributed by atoms with Gasteiger partial charge in [0.2, 0.25) is 0 Å². The Morgan fingerprint density at radius 2 is 1.30 bits per heavy atom. The maximum absolute atomic E-state index is 4.23. The van der Waals surface area contributed by atoms with E-state index in [1.165, 1.54) is 27.8 Å². The highest BCUT2D eigenvalue weighted by molar-refractivity contribution is 5.98. The second kappa shape index (κ2) is 5.40. The van der Waals surface area contributed by atoms with Gasteiger partial charge in [0.05, 0.1) is 5.41 Å². The maximum Gasteiger partial charge on any atom is 0.0641 e. The third-order valence-electron chi connectivity index (χ3n) is 4.73. The third kappa shape index (κ3) is 1.99. The van der Waals surface area contributed by atoms with Crippen LogP contribution in [-0.4, -0.2) is 0 Å². The van der Waals surface area contributed by atoms with Crippen molar-refractivity contribution >= 4 is 11.6 Å². The fourth-order valence-electron chi connectivity index (χ4n) is 3.67. The Balaban J connectivity index is 2.04. The molecule has 0 heterocycles. The van der Waals surface area contributed by atoms with Crippen LogP contribution in [0, 0.1) is 0 Å². The molecule has 0 fully saturated rings. The average Bonchev–Trinajstić information content (AvgIpc) is 2.98. The number of benzene rings is 3. The lowest BCUT2D eigenvalue weighted by atomic mass is 9.70. The summed E-state index contributed by atoms with van der Waals surface area (Å²) in [5.74, 6) is 0. The van der Waals surface area contributed by atoms with E-state index >= 15 is 0 Å². The van der Waals surface area contributed by atoms with E-state index in [9.17, 15) is 0 Å². The molecule has 0 saturated heterocycles. The fraction of sp³-hybridized carbons (Fsp3) is 0.0435. The van der Waals surface area contributed by atoms with Gasteiger partial charge in [-0.1, -0.05) is 91.0 Å². The van der Waals surface area contributed by atoms with Crippen LogP contribution >= 0.6 is 0 Å². The van der Waals surface area contributed by atoms with Crippen molar-refractivity contribution in [3.05, 3.63) is 120 Å². The molecule has 1 aliphatic rings. The highest BCUT2D eigenvalue weighted by atomic mass is 14.4. The molecule has 0 N–H and O–H groups in total. The van der Waals surface area contributed by atoms with Crippen molar-refractivity contribution in [2.45, 2.75) is 5.41 Å². The van der Waals surface area contributed by atoms with Gasteiger partial charge >= 0.3 is 0 Å². The van der Waals surface area contributed by atoms with Crippen LogP contribution in [0.25, 0.3) is 11.6 Å². The summed E-state index contributed by atoms with van der Waals surface area (Å²) in [5, 5.41) is 0. The minimum absolute atomic E-state index is 0.292. The predicted molar refractivity (Wildman–Crippen MR) is 98.2 cm³/mol. The first-order valence-electron chi connectivity index (χ1n) is 7.92. The molecule has 3 aromatic rings. The number of allylic oxidation sites excluding steroid dienone is 2. The van der Waals surface area contributed by atoms with Crippen molar-refractivity contribution in [2.24, 2.45) is 0 Å². The summed E-state index contributed by atoms with van der Waals surface area (Å²) >= 11 is 0. The SMILES string of the molecule is C=CC1(c2ccccc2)C(c2ccccc2)=Cc2ccccc21. The summed E-state index contributed by atoms with van der Waals surface area (Å²) in [4.78, 5) is 0. The number of hydrogen-bond acceptors (Lipinski definition) is 0. The van der Waals surface area contributed by atoms with E-state index in [2.05, 4.69) is 104 Å². The molecule has 4 rings (SSSR count). The van der Waals surface area contributed by atoms with Crippen LogP contribution < -0.4 is 0 Å². The van der Waals surface area contributed by atoms with Crippen molar-refractivity contribution in [3.63, 3.8) is 0 Å². The van der Waals surface area contributed by atoms with Gasteiger partial charge in [0.25, 0.3) is 0 Å². The van der Waals surface area contributed by atoms with Crippen LogP contribution in [0.3, 0.4) is 0 Å². The molecule has 1 unspecified atom stereocenters. The molecule has 1 atom stereocenters. The van der Waals surface area contributed by atoms with E-state index in [0.717, 1.165) is 0 Å². The van der Waals surface area contributed by atoms with E-state index in [1.807, 2.05) is 0 Å². The standard InChI is InChI=1S/C23H18/c1-2-23(20-14-7-4-8-15-20)21-16-10-9-13-19(21)17-22(23)18-11-5-3-6-12-18/h2-17H,1H2. The second-order valence-electron chi connectivity index (χ2n) is 5.89. The minimum atomic E-state index is -0.292. The van der Waals surface area contributed by atoms with Gasteiger partial charge in [0.15, 0.2) is 0 Å². The molecule has 0 nitrogen and oxygen atoms in total. The largest absolute Gasteiger partial charge is 0.102 e. The van der Waals surface area contributed by atoms with Gasteiger partial charge in [-0.05, 0) is 33.9 Å². The van der Waals surface area contributed by atoms with Crippen molar-refractivity contribution < 1.29 is 0 Å². The van der Waals surface area contributed by atoms with E-state index < -0.39 is 0 Å². The number of rotatable bonds is 3. The van der Waals surface area contributed by atoms with Crippen LogP contribution in [0.2, 0.25) is 0 Å². The van der Waals surface area contributed by atoms with Crippen LogP contribution in [0.4, 0.5) is 0 Å². The fourth-order valence-corrected chi connectivity index (χ4v) is 3.67. The van der Waals surface area contributed by atoms with Crippen LogP contribution in [0.15, 0.2) is 97.6 Å². The molecule has 0 radical (unpaired) electrons. The van der Waals surface area contributed by atoms with Gasteiger partial charge in [-0.2, -0.15) is 0 Å². The Kier molecular flexibility index (Phi) is 3.24. The molecule has 23 heavy (non-hydrogen) atoms. The molecule has 0 heteroatoms. The summed E-state index contributed by atoms with van der Waals surface area (Å²) in [5.41, 5.74) is 6.08. The summed E-state index contributed by atoms with van der Waals surface area (Å²) in [6, 6.07) is 29.9. The van der Waals surface area contributed by atoms with Crippen molar-refractivity contribution in [1.82, 2.24) is 0 Å². The molecule has 110 valence electrons. The molecule has 3 aromatic carbocycles. The molecular formula is C23H18. The predicted octanol–water partition coefficient (Wildman–Crippen LogP) is 5.71. The van der Waals surface area contributed by atoms with Gasteiger partial charge in [0.1, 0.15) is 0 Å². The zero-order valence-electron chi connectivity index (χ0n) is 12.9. The molecule has 0 spiro atoms. The smallest absolute Gasteiger partial charge is 0.0641 e. The topological polar surface area (TPSA) is 0 Å². The van der Waals surface area contributed by atoms with E-state index in [1.54, 1.807) is 0 Å². The first-order chi connectivity index (χ1) is 11.4. The molecule has 0 aliphatic heterocycles. The number of hydrogen-bond donors (Lipinski definition) is 0. The van der Waals surface area contributed by atoms with Gasteiger partial charge in [-0.25, -0.2) is 0 Å². The molecule has 0 aromatic heterocycles. The van der Waals surface area contributed by atoms with E-state index in [-0.39, 0.29) is 5.41 Å². The Bertz CT molecular complexity index is 872. The highest BCUT2D eigenvalue weighted by Gasteiger charge is 2.40. The Labute approximate surface area is 137 Å². The van der Waals surface area contributed by atoms with Crippen LogP contribution in [0.1, 0.15) is 22.3 Å². The number of fused-ring (bicyclic) bond motifs is 1. The minimum Gasteiger partial charge on any atom is -0.102 e. The summed E-state index contributed by atoms with van der Waals surface area (Å²) in [6.45, 7) is 4.23. The van der Waals surface area contributed by atoms with E-state index in [0.29, 0.717) is 0 Å². The highest BCUT2D eigenvalue weighted by Crippen LogP contribution is 2.51. The van der Waals surface area contributed by atoms with Crippen molar-refractivity contribution in [1.29, 1.82) is 0 Å².